The summed E-state index contributed by atoms with van der Waals surface area (Å²) in [5, 5.41) is 0.745. The summed E-state index contributed by atoms with van der Waals surface area (Å²) in [7, 11) is -3.39. The number of rotatable bonds is 6. The predicted molar refractivity (Wildman–Crippen MR) is 66.5 cm³/mol. The smallest absolute Gasteiger partial charge is 0.249 e. The summed E-state index contributed by atoms with van der Waals surface area (Å²) in [6, 6.07) is 0. The molecule has 0 aromatic carbocycles. The van der Waals surface area contributed by atoms with Crippen molar-refractivity contribution in [3.8, 4) is 0 Å². The van der Waals surface area contributed by atoms with E-state index in [1.165, 1.54) is 17.5 Å². The molecule has 1 atom stereocenters. The Morgan fingerprint density at radius 2 is 2.31 bits per heavy atom. The minimum absolute atomic E-state index is 0.237. The van der Waals surface area contributed by atoms with Crippen LogP contribution >= 0.6 is 22.9 Å². The van der Waals surface area contributed by atoms with E-state index in [9.17, 15) is 8.42 Å². The Hall–Kier alpha value is -0.170. The van der Waals surface area contributed by atoms with Gasteiger partial charge in [0.2, 0.25) is 0 Å². The van der Waals surface area contributed by atoms with Crippen molar-refractivity contribution in [3.63, 3.8) is 0 Å². The van der Waals surface area contributed by atoms with Crippen LogP contribution in [0, 0.1) is 12.8 Å². The molecule has 0 aliphatic carbocycles. The molecule has 0 aliphatic rings. The van der Waals surface area contributed by atoms with Crippen molar-refractivity contribution < 1.29 is 8.42 Å². The van der Waals surface area contributed by atoms with Crippen molar-refractivity contribution in [2.75, 3.05) is 12.4 Å². The average molecular weight is 283 g/mol. The van der Waals surface area contributed by atoms with Gasteiger partial charge in [0.15, 0.2) is 4.21 Å². The molecule has 16 heavy (non-hydrogen) atoms. The number of hydrogen-bond acceptors (Lipinski definition) is 4. The van der Waals surface area contributed by atoms with Crippen molar-refractivity contribution in [1.82, 2.24) is 9.71 Å². The van der Waals surface area contributed by atoms with Gasteiger partial charge in [-0.05, 0) is 19.3 Å². The molecule has 0 aliphatic heterocycles. The van der Waals surface area contributed by atoms with E-state index in [0.717, 1.165) is 11.4 Å². The maximum atomic E-state index is 11.8. The number of alkyl halides is 1. The van der Waals surface area contributed by atoms with Crippen LogP contribution in [-0.4, -0.2) is 25.8 Å². The third-order valence-electron chi connectivity index (χ3n) is 2.09. The van der Waals surface area contributed by atoms with E-state index in [0.29, 0.717) is 12.4 Å². The van der Waals surface area contributed by atoms with E-state index in [-0.39, 0.29) is 10.1 Å². The van der Waals surface area contributed by atoms with Crippen molar-refractivity contribution in [2.45, 2.75) is 24.5 Å². The van der Waals surface area contributed by atoms with Gasteiger partial charge in [-0.2, -0.15) is 0 Å². The number of sulfonamides is 1. The zero-order valence-electron chi connectivity index (χ0n) is 9.23. The topological polar surface area (TPSA) is 59.1 Å². The zero-order chi connectivity index (χ0) is 12.2. The van der Waals surface area contributed by atoms with Crippen LogP contribution in [0.3, 0.4) is 0 Å². The summed E-state index contributed by atoms with van der Waals surface area (Å²) in [6.45, 7) is 4.15. The molecule has 0 bridgehead atoms. The fraction of sp³-hybridized carbons (Fsp3) is 0.667. The molecule has 1 aromatic rings. The van der Waals surface area contributed by atoms with E-state index in [1.54, 1.807) is 6.92 Å². The van der Waals surface area contributed by atoms with Crippen molar-refractivity contribution in [1.29, 1.82) is 0 Å². The first-order valence-electron chi connectivity index (χ1n) is 4.93. The molecular weight excluding hydrogens is 268 g/mol. The van der Waals surface area contributed by atoms with Crippen LogP contribution < -0.4 is 4.72 Å². The third-order valence-corrected chi connectivity index (χ3v) is 5.10. The first-order chi connectivity index (χ1) is 7.45. The lowest BCUT2D eigenvalue weighted by atomic mass is 10.1. The first kappa shape index (κ1) is 13.9. The molecule has 1 N–H and O–H groups in total. The van der Waals surface area contributed by atoms with Crippen LogP contribution in [0.25, 0.3) is 0 Å². The van der Waals surface area contributed by atoms with Gasteiger partial charge in [0.25, 0.3) is 10.0 Å². The summed E-state index contributed by atoms with van der Waals surface area (Å²) < 4.78 is 26.4. The second-order valence-electron chi connectivity index (χ2n) is 3.63. The third kappa shape index (κ3) is 4.01. The Labute approximate surface area is 105 Å². The second kappa shape index (κ2) is 5.95. The molecule has 0 fully saturated rings. The Balaban J connectivity index is 2.59. The number of hydrogen-bond donors (Lipinski definition) is 1. The number of halogens is 1. The molecule has 0 saturated carbocycles. The van der Waals surface area contributed by atoms with Gasteiger partial charge < -0.3 is 0 Å². The Morgan fingerprint density at radius 1 is 1.62 bits per heavy atom. The summed E-state index contributed by atoms with van der Waals surface area (Å²) in [4.78, 5) is 3.92. The van der Waals surface area contributed by atoms with E-state index in [1.807, 2.05) is 6.92 Å². The highest BCUT2D eigenvalue weighted by Gasteiger charge is 2.17. The molecule has 0 radical (unpaired) electrons. The van der Waals surface area contributed by atoms with Crippen LogP contribution in [0.15, 0.2) is 10.4 Å². The number of nitrogens with zero attached hydrogens (tertiary/aromatic N) is 1. The summed E-state index contributed by atoms with van der Waals surface area (Å²) >= 11 is 6.75. The number of aromatic nitrogens is 1. The Kier molecular flexibility index (Phi) is 5.17. The van der Waals surface area contributed by atoms with Gasteiger partial charge in [-0.15, -0.1) is 22.9 Å². The van der Waals surface area contributed by atoms with E-state index in [4.69, 9.17) is 11.6 Å². The standard InChI is InChI=1S/C9H15ClN2O2S2/c1-7(3-4-10)5-12-16(13,14)9-6-11-8(2)15-9/h6-7,12H,3-5H2,1-2H3. The van der Waals surface area contributed by atoms with Gasteiger partial charge in [0, 0.05) is 12.4 Å². The molecule has 1 heterocycles. The molecule has 1 rings (SSSR count). The fourth-order valence-corrected chi connectivity index (χ4v) is 3.77. The molecule has 0 amide bonds. The summed E-state index contributed by atoms with van der Waals surface area (Å²) in [6.07, 6.45) is 2.18. The van der Waals surface area contributed by atoms with E-state index in [2.05, 4.69) is 9.71 Å². The fourth-order valence-electron chi connectivity index (χ4n) is 1.08. The highest BCUT2D eigenvalue weighted by molar-refractivity contribution is 7.91. The van der Waals surface area contributed by atoms with Gasteiger partial charge >= 0.3 is 0 Å². The monoisotopic (exact) mass is 282 g/mol. The zero-order valence-corrected chi connectivity index (χ0v) is 11.6. The minimum atomic E-state index is -3.39. The number of aryl methyl sites for hydroxylation is 1. The van der Waals surface area contributed by atoms with Gasteiger partial charge in [0.05, 0.1) is 11.2 Å². The quantitative estimate of drug-likeness (QED) is 0.812. The van der Waals surface area contributed by atoms with Crippen LogP contribution in [-0.2, 0) is 10.0 Å². The SMILES string of the molecule is Cc1ncc(S(=O)(=O)NCC(C)CCCl)s1. The largest absolute Gasteiger partial charge is 0.251 e. The number of thiazole rings is 1. The molecule has 1 aromatic heterocycles. The molecule has 7 heteroatoms. The lowest BCUT2D eigenvalue weighted by Gasteiger charge is -2.10. The lowest BCUT2D eigenvalue weighted by molar-refractivity contribution is 0.531. The maximum Gasteiger partial charge on any atom is 0.251 e. The van der Waals surface area contributed by atoms with Gasteiger partial charge in [-0.1, -0.05) is 6.92 Å². The Morgan fingerprint density at radius 3 is 2.81 bits per heavy atom. The predicted octanol–water partition coefficient (Wildman–Crippen LogP) is 1.99. The molecular formula is C9H15ClN2O2S2. The van der Waals surface area contributed by atoms with Crippen LogP contribution in [0.5, 0.6) is 0 Å². The summed E-state index contributed by atoms with van der Waals surface area (Å²) in [5.74, 6) is 0.782. The molecule has 4 nitrogen and oxygen atoms in total. The highest BCUT2D eigenvalue weighted by atomic mass is 35.5. The normalized spacial score (nSPS) is 13.9. The van der Waals surface area contributed by atoms with Crippen LogP contribution in [0.4, 0.5) is 0 Å². The second-order valence-corrected chi connectivity index (χ2v) is 7.24. The van der Waals surface area contributed by atoms with Crippen molar-refractivity contribution in [3.05, 3.63) is 11.2 Å². The lowest BCUT2D eigenvalue weighted by Crippen LogP contribution is -2.28. The summed E-state index contributed by atoms with van der Waals surface area (Å²) in [5.41, 5.74) is 0. The molecule has 0 spiro atoms. The molecule has 0 saturated heterocycles. The van der Waals surface area contributed by atoms with Crippen molar-refractivity contribution >= 4 is 33.0 Å². The van der Waals surface area contributed by atoms with E-state index < -0.39 is 10.0 Å². The highest BCUT2D eigenvalue weighted by Crippen LogP contribution is 2.17. The van der Waals surface area contributed by atoms with Gasteiger partial charge in [-0.3, -0.25) is 0 Å². The molecule has 1 unspecified atom stereocenters. The number of nitrogens with one attached hydrogen (secondary N) is 1. The average Bonchev–Trinajstić information content (AvgIpc) is 2.63. The van der Waals surface area contributed by atoms with Gasteiger partial charge in [0.1, 0.15) is 0 Å². The van der Waals surface area contributed by atoms with Gasteiger partial charge in [-0.25, -0.2) is 18.1 Å². The van der Waals surface area contributed by atoms with E-state index >= 15 is 0 Å². The minimum Gasteiger partial charge on any atom is -0.249 e. The first-order valence-corrected chi connectivity index (χ1v) is 7.77. The Bertz CT molecular complexity index is 430. The van der Waals surface area contributed by atoms with Crippen LogP contribution in [0.1, 0.15) is 18.4 Å². The van der Waals surface area contributed by atoms with Crippen LogP contribution in [0.2, 0.25) is 0 Å². The maximum absolute atomic E-state index is 11.8. The molecule has 92 valence electrons. The van der Waals surface area contributed by atoms with Crippen molar-refractivity contribution in [2.24, 2.45) is 5.92 Å².